The fourth-order valence-electron chi connectivity index (χ4n) is 3.17. The van der Waals surface area contributed by atoms with Gasteiger partial charge in [-0.25, -0.2) is 4.79 Å². The van der Waals surface area contributed by atoms with E-state index < -0.39 is 24.4 Å². The normalized spacial score (nSPS) is 12.5. The van der Waals surface area contributed by atoms with Crippen LogP contribution in [0.25, 0.3) is 0 Å². The Labute approximate surface area is 155 Å². The quantitative estimate of drug-likeness (QED) is 0.789. The second kappa shape index (κ2) is 7.29. The average Bonchev–Trinajstić information content (AvgIpc) is 3.12. The molecule has 0 bridgehead atoms. The van der Waals surface area contributed by atoms with Crippen molar-refractivity contribution >= 4 is 34.1 Å². The summed E-state index contributed by atoms with van der Waals surface area (Å²) in [7, 11) is 0. The molecular formula is C19H20N2O4S. The molecule has 1 aliphatic carbocycles. The lowest BCUT2D eigenvalue weighted by Gasteiger charge is -2.09. The van der Waals surface area contributed by atoms with Crippen LogP contribution < -0.4 is 11.1 Å². The number of anilines is 1. The van der Waals surface area contributed by atoms with Crippen molar-refractivity contribution < 1.29 is 19.1 Å². The standard InChI is InChI=1S/C19H20N2O4S/c1-10-6-7-12(11(2)8-10)19(24)25-9-15(22)21-18-16(17(20)23)13-4-3-5-14(13)26-18/h6-8H,3-5,9H2,1-2H3,(H2,20,23)(H,21,22). The lowest BCUT2D eigenvalue weighted by atomic mass is 10.1. The number of benzene rings is 1. The first-order valence-corrected chi connectivity index (χ1v) is 9.17. The van der Waals surface area contributed by atoms with E-state index in [1.807, 2.05) is 26.0 Å². The number of nitrogens with two attached hydrogens (primary N) is 1. The first kappa shape index (κ1) is 18.1. The molecule has 2 aromatic rings. The monoisotopic (exact) mass is 372 g/mol. The van der Waals surface area contributed by atoms with Crippen molar-refractivity contribution in [3.63, 3.8) is 0 Å². The van der Waals surface area contributed by atoms with E-state index >= 15 is 0 Å². The fraction of sp³-hybridized carbons (Fsp3) is 0.316. The molecule has 26 heavy (non-hydrogen) atoms. The molecule has 0 saturated heterocycles. The molecular weight excluding hydrogens is 352 g/mol. The van der Waals surface area contributed by atoms with Crippen LogP contribution >= 0.6 is 11.3 Å². The third kappa shape index (κ3) is 3.62. The van der Waals surface area contributed by atoms with Crippen molar-refractivity contribution in [2.24, 2.45) is 5.73 Å². The number of carbonyl (C=O) groups is 3. The van der Waals surface area contributed by atoms with Crippen molar-refractivity contribution in [3.05, 3.63) is 50.9 Å². The second-order valence-electron chi connectivity index (χ2n) is 6.37. The van der Waals surface area contributed by atoms with Gasteiger partial charge in [0.2, 0.25) is 0 Å². The molecule has 136 valence electrons. The summed E-state index contributed by atoms with van der Waals surface area (Å²) < 4.78 is 5.10. The van der Waals surface area contributed by atoms with Crippen LogP contribution in [0, 0.1) is 13.8 Å². The Hall–Kier alpha value is -2.67. The van der Waals surface area contributed by atoms with Gasteiger partial charge in [0.15, 0.2) is 6.61 Å². The maximum absolute atomic E-state index is 12.2. The molecule has 3 N–H and O–H groups in total. The predicted molar refractivity (Wildman–Crippen MR) is 99.7 cm³/mol. The summed E-state index contributed by atoms with van der Waals surface area (Å²) in [5, 5.41) is 3.09. The van der Waals surface area contributed by atoms with Crippen LogP contribution in [0.3, 0.4) is 0 Å². The lowest BCUT2D eigenvalue weighted by molar-refractivity contribution is -0.119. The van der Waals surface area contributed by atoms with E-state index in [1.165, 1.54) is 11.3 Å². The molecule has 2 amide bonds. The van der Waals surface area contributed by atoms with Crippen molar-refractivity contribution in [2.75, 3.05) is 11.9 Å². The second-order valence-corrected chi connectivity index (χ2v) is 7.47. The number of carbonyl (C=O) groups excluding carboxylic acids is 3. The van der Waals surface area contributed by atoms with Crippen LogP contribution in [0.5, 0.6) is 0 Å². The summed E-state index contributed by atoms with van der Waals surface area (Å²) >= 11 is 1.37. The molecule has 0 radical (unpaired) electrons. The maximum Gasteiger partial charge on any atom is 0.338 e. The molecule has 6 nitrogen and oxygen atoms in total. The number of nitrogens with one attached hydrogen (secondary N) is 1. The van der Waals surface area contributed by atoms with Crippen LogP contribution in [0.1, 0.15) is 48.7 Å². The molecule has 0 unspecified atom stereocenters. The highest BCUT2D eigenvalue weighted by molar-refractivity contribution is 7.17. The summed E-state index contributed by atoms with van der Waals surface area (Å²) in [6, 6.07) is 5.37. The molecule has 1 aromatic carbocycles. The summed E-state index contributed by atoms with van der Waals surface area (Å²) in [6.45, 7) is 3.33. The molecule has 1 aliphatic rings. The fourth-order valence-corrected chi connectivity index (χ4v) is 4.48. The van der Waals surface area contributed by atoms with E-state index in [0.717, 1.165) is 40.8 Å². The Morgan fingerprint density at radius 2 is 2.00 bits per heavy atom. The number of primary amides is 1. The van der Waals surface area contributed by atoms with Gasteiger partial charge in [-0.3, -0.25) is 9.59 Å². The van der Waals surface area contributed by atoms with Crippen LogP contribution in [-0.2, 0) is 22.4 Å². The first-order valence-electron chi connectivity index (χ1n) is 8.35. The molecule has 0 fully saturated rings. The van der Waals surface area contributed by atoms with Crippen molar-refractivity contribution in [1.29, 1.82) is 0 Å². The van der Waals surface area contributed by atoms with Crippen molar-refractivity contribution in [1.82, 2.24) is 0 Å². The molecule has 1 heterocycles. The SMILES string of the molecule is Cc1ccc(C(=O)OCC(=O)Nc2sc3c(c2C(N)=O)CCC3)c(C)c1. The Bertz CT molecular complexity index is 901. The van der Waals surface area contributed by atoms with Gasteiger partial charge in [0.25, 0.3) is 11.8 Å². The highest BCUT2D eigenvalue weighted by Crippen LogP contribution is 2.38. The number of hydrogen-bond donors (Lipinski definition) is 2. The molecule has 0 saturated carbocycles. The van der Waals surface area contributed by atoms with Gasteiger partial charge in [0.1, 0.15) is 5.00 Å². The summed E-state index contributed by atoms with van der Waals surface area (Å²) in [5.74, 6) is -1.60. The molecule has 0 aliphatic heterocycles. The van der Waals surface area contributed by atoms with Crippen molar-refractivity contribution in [3.8, 4) is 0 Å². The van der Waals surface area contributed by atoms with Gasteiger partial charge in [-0.05, 0) is 50.3 Å². The highest BCUT2D eigenvalue weighted by atomic mass is 32.1. The van der Waals surface area contributed by atoms with Crippen LogP contribution in [0.2, 0.25) is 0 Å². The Kier molecular flexibility index (Phi) is 5.08. The largest absolute Gasteiger partial charge is 0.452 e. The minimum Gasteiger partial charge on any atom is -0.452 e. The Balaban J connectivity index is 1.65. The van der Waals surface area contributed by atoms with Gasteiger partial charge < -0.3 is 15.8 Å². The van der Waals surface area contributed by atoms with Crippen LogP contribution in [-0.4, -0.2) is 24.4 Å². The lowest BCUT2D eigenvalue weighted by Crippen LogP contribution is -2.23. The number of thiophene rings is 1. The maximum atomic E-state index is 12.2. The average molecular weight is 372 g/mol. The number of amides is 2. The van der Waals surface area contributed by atoms with E-state index in [1.54, 1.807) is 6.07 Å². The zero-order valence-electron chi connectivity index (χ0n) is 14.7. The van der Waals surface area contributed by atoms with E-state index in [-0.39, 0.29) is 0 Å². The molecule has 1 aromatic heterocycles. The Morgan fingerprint density at radius 3 is 2.69 bits per heavy atom. The summed E-state index contributed by atoms with van der Waals surface area (Å²) in [6.07, 6.45) is 2.67. The van der Waals surface area contributed by atoms with Gasteiger partial charge in [-0.1, -0.05) is 17.7 Å². The predicted octanol–water partition coefficient (Wildman–Crippen LogP) is 2.75. The van der Waals surface area contributed by atoms with Gasteiger partial charge in [-0.15, -0.1) is 11.3 Å². The van der Waals surface area contributed by atoms with Crippen LogP contribution in [0.4, 0.5) is 5.00 Å². The molecule has 7 heteroatoms. The van der Waals surface area contributed by atoms with Crippen LogP contribution in [0.15, 0.2) is 18.2 Å². The number of fused-ring (bicyclic) bond motifs is 1. The molecule has 0 atom stereocenters. The topological polar surface area (TPSA) is 98.5 Å². The zero-order valence-corrected chi connectivity index (χ0v) is 15.5. The number of esters is 1. The van der Waals surface area contributed by atoms with Gasteiger partial charge >= 0.3 is 5.97 Å². The van der Waals surface area contributed by atoms with E-state index in [9.17, 15) is 14.4 Å². The van der Waals surface area contributed by atoms with E-state index in [2.05, 4.69) is 5.32 Å². The summed E-state index contributed by atoms with van der Waals surface area (Å²) in [4.78, 5) is 37.1. The third-order valence-corrected chi connectivity index (χ3v) is 5.56. The highest BCUT2D eigenvalue weighted by Gasteiger charge is 2.26. The van der Waals surface area contributed by atoms with Gasteiger partial charge in [-0.2, -0.15) is 0 Å². The minimum atomic E-state index is -0.554. The van der Waals surface area contributed by atoms with Gasteiger partial charge in [0.05, 0.1) is 11.1 Å². The Morgan fingerprint density at radius 1 is 1.23 bits per heavy atom. The number of ether oxygens (including phenoxy) is 1. The minimum absolute atomic E-state index is 0.386. The third-order valence-electron chi connectivity index (χ3n) is 4.36. The number of rotatable bonds is 5. The smallest absolute Gasteiger partial charge is 0.338 e. The number of hydrogen-bond acceptors (Lipinski definition) is 5. The zero-order chi connectivity index (χ0) is 18.8. The molecule has 0 spiro atoms. The van der Waals surface area contributed by atoms with Gasteiger partial charge in [0, 0.05) is 4.88 Å². The number of aryl methyl sites for hydroxylation is 3. The van der Waals surface area contributed by atoms with E-state index in [0.29, 0.717) is 16.1 Å². The van der Waals surface area contributed by atoms with E-state index in [4.69, 9.17) is 10.5 Å². The summed E-state index contributed by atoms with van der Waals surface area (Å²) in [5.41, 5.74) is 9.05. The molecule has 3 rings (SSSR count). The van der Waals surface area contributed by atoms with Crippen molar-refractivity contribution in [2.45, 2.75) is 33.1 Å². The first-order chi connectivity index (χ1) is 12.4.